The number of hydrogen-bond acceptors (Lipinski definition) is 5. The Bertz CT molecular complexity index is 1200. The summed E-state index contributed by atoms with van der Waals surface area (Å²) in [4.78, 5) is 14.9. The molecule has 0 bridgehead atoms. The molecule has 0 spiro atoms. The lowest BCUT2D eigenvalue weighted by Crippen LogP contribution is -2.05. The zero-order chi connectivity index (χ0) is 22.0. The Morgan fingerprint density at radius 2 is 1.84 bits per heavy atom. The quantitative estimate of drug-likeness (QED) is 0.432. The summed E-state index contributed by atoms with van der Waals surface area (Å²) in [5, 5.41) is 3.49. The second-order valence-electron chi connectivity index (χ2n) is 6.85. The maximum atomic E-state index is 13.7. The lowest BCUT2D eigenvalue weighted by molar-refractivity contribution is -0.137. The molecule has 160 valence electrons. The molecule has 0 aliphatic heterocycles. The highest BCUT2D eigenvalue weighted by molar-refractivity contribution is 5.80. The number of ether oxygens (including phenoxy) is 1. The van der Waals surface area contributed by atoms with Gasteiger partial charge in [-0.2, -0.15) is 13.2 Å². The average molecular weight is 431 g/mol. The third-order valence-corrected chi connectivity index (χ3v) is 4.69. The number of hydrogen-bond donors (Lipinski definition) is 2. The van der Waals surface area contributed by atoms with Crippen LogP contribution in [-0.4, -0.2) is 27.0 Å². The number of rotatable bonds is 6. The van der Waals surface area contributed by atoms with Crippen molar-refractivity contribution < 1.29 is 22.3 Å². The molecule has 0 amide bonds. The Morgan fingerprint density at radius 3 is 2.52 bits per heavy atom. The minimum absolute atomic E-state index is 0.0685. The van der Waals surface area contributed by atoms with E-state index in [4.69, 9.17) is 4.74 Å². The second kappa shape index (κ2) is 8.21. The third kappa shape index (κ3) is 4.57. The summed E-state index contributed by atoms with van der Waals surface area (Å²) >= 11 is 0. The first-order valence-corrected chi connectivity index (χ1v) is 9.24. The number of fused-ring (bicyclic) bond motifs is 1. The van der Waals surface area contributed by atoms with E-state index in [0.717, 1.165) is 17.8 Å². The zero-order valence-corrected chi connectivity index (χ0v) is 16.3. The Balaban J connectivity index is 1.44. The minimum Gasteiger partial charge on any atom is -0.479 e. The van der Waals surface area contributed by atoms with Crippen molar-refractivity contribution in [2.75, 3.05) is 12.4 Å². The average Bonchev–Trinajstić information content (AvgIpc) is 3.15. The molecular weight excluding hydrogens is 414 g/mol. The van der Waals surface area contributed by atoms with Gasteiger partial charge in [-0.1, -0.05) is 6.07 Å². The molecule has 4 aromatic rings. The summed E-state index contributed by atoms with van der Waals surface area (Å²) in [7, 11) is 1.34. The van der Waals surface area contributed by atoms with Gasteiger partial charge in [0.15, 0.2) is 5.82 Å². The molecule has 0 saturated heterocycles. The molecule has 4 rings (SSSR count). The van der Waals surface area contributed by atoms with Gasteiger partial charge in [-0.3, -0.25) is 0 Å². The molecule has 0 unspecified atom stereocenters. The van der Waals surface area contributed by atoms with Crippen LogP contribution >= 0.6 is 0 Å². The topological polar surface area (TPSA) is 75.7 Å². The number of anilines is 1. The van der Waals surface area contributed by atoms with Gasteiger partial charge >= 0.3 is 6.18 Å². The van der Waals surface area contributed by atoms with Crippen LogP contribution in [0.3, 0.4) is 0 Å². The van der Waals surface area contributed by atoms with Crippen LogP contribution in [0.25, 0.3) is 11.0 Å². The summed E-state index contributed by atoms with van der Waals surface area (Å²) in [5.74, 6) is -0.0482. The van der Waals surface area contributed by atoms with Crippen LogP contribution in [-0.2, 0) is 19.1 Å². The highest BCUT2D eigenvalue weighted by atomic mass is 19.4. The summed E-state index contributed by atoms with van der Waals surface area (Å²) in [6.07, 6.45) is 1.54. The molecule has 10 heteroatoms. The lowest BCUT2D eigenvalue weighted by atomic mass is 10.1. The molecule has 0 fully saturated rings. The van der Waals surface area contributed by atoms with Gasteiger partial charge in [0.05, 0.1) is 12.7 Å². The molecule has 0 aliphatic rings. The Kier molecular flexibility index (Phi) is 5.45. The van der Waals surface area contributed by atoms with Crippen molar-refractivity contribution in [1.29, 1.82) is 0 Å². The van der Waals surface area contributed by atoms with Gasteiger partial charge in [-0.05, 0) is 34.9 Å². The molecule has 0 radical (unpaired) electrons. The van der Waals surface area contributed by atoms with Crippen molar-refractivity contribution in [2.24, 2.45) is 0 Å². The van der Waals surface area contributed by atoms with Crippen LogP contribution in [0.1, 0.15) is 22.3 Å². The standard InChI is InChI=1S/C21H17F4N5O/c1-31-20-17(22)5-13(9-30-20)8-27-18-3-2-12(7-26-18)4-14-10-28-19-16(14)6-15(11-29-19)21(23,24)25/h2-3,5-7,9-11H,4,8H2,1H3,(H,26,27)(H,28,29). The fourth-order valence-electron chi connectivity index (χ4n) is 3.12. The number of nitrogens with zero attached hydrogens (tertiary/aromatic N) is 3. The monoisotopic (exact) mass is 431 g/mol. The fraction of sp³-hybridized carbons (Fsp3) is 0.190. The highest BCUT2D eigenvalue weighted by Gasteiger charge is 2.31. The maximum Gasteiger partial charge on any atom is 0.417 e. The molecule has 0 aliphatic carbocycles. The SMILES string of the molecule is COc1ncc(CNc2ccc(Cc3c[nH]c4ncc(C(F)(F)F)cc34)cn2)cc1F. The summed E-state index contributed by atoms with van der Waals surface area (Å²) in [5.41, 5.74) is 1.74. The van der Waals surface area contributed by atoms with Crippen molar-refractivity contribution >= 4 is 16.9 Å². The summed E-state index contributed by atoms with van der Waals surface area (Å²) in [6.45, 7) is 0.314. The van der Waals surface area contributed by atoms with E-state index < -0.39 is 17.6 Å². The van der Waals surface area contributed by atoms with Crippen molar-refractivity contribution in [3.05, 3.63) is 77.1 Å². The predicted octanol–water partition coefficient (Wildman–Crippen LogP) is 4.72. The molecular formula is C21H17F4N5O. The highest BCUT2D eigenvalue weighted by Crippen LogP contribution is 2.31. The molecule has 2 N–H and O–H groups in total. The molecule has 0 aromatic carbocycles. The van der Waals surface area contributed by atoms with Gasteiger partial charge < -0.3 is 15.0 Å². The van der Waals surface area contributed by atoms with Gasteiger partial charge in [0, 0.05) is 43.1 Å². The first kappa shape index (κ1) is 20.6. The molecule has 31 heavy (non-hydrogen) atoms. The number of methoxy groups -OCH3 is 1. The van der Waals surface area contributed by atoms with E-state index in [1.54, 1.807) is 18.5 Å². The van der Waals surface area contributed by atoms with E-state index in [-0.39, 0.29) is 5.88 Å². The maximum absolute atomic E-state index is 13.7. The smallest absolute Gasteiger partial charge is 0.417 e. The molecule has 4 heterocycles. The predicted molar refractivity (Wildman–Crippen MR) is 106 cm³/mol. The van der Waals surface area contributed by atoms with Crippen LogP contribution < -0.4 is 10.1 Å². The van der Waals surface area contributed by atoms with Crippen molar-refractivity contribution in [2.45, 2.75) is 19.1 Å². The Morgan fingerprint density at radius 1 is 1.03 bits per heavy atom. The van der Waals surface area contributed by atoms with E-state index in [0.29, 0.717) is 40.9 Å². The molecule has 6 nitrogen and oxygen atoms in total. The van der Waals surface area contributed by atoms with Crippen molar-refractivity contribution in [3.63, 3.8) is 0 Å². The van der Waals surface area contributed by atoms with Crippen molar-refractivity contribution in [3.8, 4) is 5.88 Å². The molecule has 0 atom stereocenters. The lowest BCUT2D eigenvalue weighted by Gasteiger charge is -2.08. The van der Waals surface area contributed by atoms with Crippen LogP contribution in [0, 0.1) is 5.82 Å². The number of pyridine rings is 3. The van der Waals surface area contributed by atoms with Gasteiger partial charge in [0.2, 0.25) is 5.88 Å². The zero-order valence-electron chi connectivity index (χ0n) is 16.3. The van der Waals surface area contributed by atoms with Crippen molar-refractivity contribution in [1.82, 2.24) is 19.9 Å². The first-order valence-electron chi connectivity index (χ1n) is 9.24. The van der Waals surface area contributed by atoms with Crippen LogP contribution in [0.4, 0.5) is 23.4 Å². The van der Waals surface area contributed by atoms with E-state index in [9.17, 15) is 17.6 Å². The van der Waals surface area contributed by atoms with Crippen LogP contribution in [0.15, 0.2) is 49.1 Å². The molecule has 0 saturated carbocycles. The fourth-order valence-corrected chi connectivity index (χ4v) is 3.12. The normalized spacial score (nSPS) is 11.6. The number of alkyl halides is 3. The van der Waals surface area contributed by atoms with Gasteiger partial charge in [-0.25, -0.2) is 19.3 Å². The van der Waals surface area contributed by atoms with Gasteiger partial charge in [0.1, 0.15) is 11.5 Å². The van der Waals surface area contributed by atoms with Gasteiger partial charge in [0.25, 0.3) is 0 Å². The van der Waals surface area contributed by atoms with E-state index in [1.807, 2.05) is 6.07 Å². The number of aromatic nitrogens is 4. The van der Waals surface area contributed by atoms with Crippen LogP contribution in [0.5, 0.6) is 5.88 Å². The van der Waals surface area contributed by atoms with E-state index in [1.165, 1.54) is 19.4 Å². The first-order chi connectivity index (χ1) is 14.8. The largest absolute Gasteiger partial charge is 0.479 e. The number of halogens is 4. The van der Waals surface area contributed by atoms with E-state index in [2.05, 4.69) is 25.3 Å². The van der Waals surface area contributed by atoms with Gasteiger partial charge in [-0.15, -0.1) is 0 Å². The van der Waals surface area contributed by atoms with Crippen LogP contribution in [0.2, 0.25) is 0 Å². The molecule has 4 aromatic heterocycles. The number of aromatic amines is 1. The van der Waals surface area contributed by atoms with E-state index >= 15 is 0 Å². The Labute approximate surface area is 174 Å². The number of H-pyrrole nitrogens is 1. The number of nitrogens with one attached hydrogen (secondary N) is 2. The summed E-state index contributed by atoms with van der Waals surface area (Å²) < 4.78 is 57.4. The third-order valence-electron chi connectivity index (χ3n) is 4.69. The minimum atomic E-state index is -4.45. The Hall–Kier alpha value is -3.69. The summed E-state index contributed by atoms with van der Waals surface area (Å²) in [6, 6.07) is 5.99. The second-order valence-corrected chi connectivity index (χ2v) is 6.85.